The van der Waals surface area contributed by atoms with Crippen LogP contribution in [0.5, 0.6) is 0 Å². The van der Waals surface area contributed by atoms with Crippen LogP contribution in [0.15, 0.2) is 92.0 Å². The van der Waals surface area contributed by atoms with Gasteiger partial charge in [0.1, 0.15) is 30.4 Å². The second-order valence-corrected chi connectivity index (χ2v) is 15.7. The number of hydrogen-bond donors (Lipinski definition) is 2. The standard InChI is InChI=1S/C32H21BrN4O9S3.3Na/c33-32-25-13-11-23(35-25)30(17-1-6-20(7-2-17)47(38,39)40)22-10-5-19(34-22)15-27-29(49(44,45)46)16-28(37-27)31(24-12-14-26(32)36-24)18-3-8-21(9-4-18)48(41,42)43;;;/h1-16,34,37H,(H,38,39,40)(H,41,42,43)(H,44,45,46);;;/q;3*+1/p-3. The summed E-state index contributed by atoms with van der Waals surface area (Å²) in [5.41, 5.74) is 4.33. The maximum Gasteiger partial charge on any atom is 1.00 e. The molecular weight excluding hydrogens is 829 g/mol. The molecule has 0 radical (unpaired) electrons. The third-order valence-corrected chi connectivity index (χ3v) is 11.1. The van der Waals surface area contributed by atoms with Crippen LogP contribution in [0.25, 0.3) is 68.6 Å². The van der Waals surface area contributed by atoms with Gasteiger partial charge in [-0.25, -0.2) is 35.2 Å². The van der Waals surface area contributed by atoms with Crippen molar-refractivity contribution in [3.63, 3.8) is 0 Å². The van der Waals surface area contributed by atoms with Gasteiger partial charge in [0.2, 0.25) is 0 Å². The minimum atomic E-state index is -5.04. The summed E-state index contributed by atoms with van der Waals surface area (Å²) in [6.07, 6.45) is 6.79. The average Bonchev–Trinajstić information content (AvgIpc) is 3.85. The number of rotatable bonds is 5. The summed E-state index contributed by atoms with van der Waals surface area (Å²) in [4.78, 5) is 14.3. The van der Waals surface area contributed by atoms with Gasteiger partial charge in [-0.05, 0) is 99.9 Å². The Morgan fingerprint density at radius 3 is 1.38 bits per heavy atom. The summed E-state index contributed by atoms with van der Waals surface area (Å²) in [5, 5.41) is 0. The first-order valence-corrected chi connectivity index (χ1v) is 19.0. The number of nitrogens with zero attached hydrogens (tertiary/aromatic N) is 2. The summed E-state index contributed by atoms with van der Waals surface area (Å²) >= 11 is 3.58. The Hall–Kier alpha value is -1.75. The fourth-order valence-electron chi connectivity index (χ4n) is 5.54. The Labute approximate surface area is 372 Å². The van der Waals surface area contributed by atoms with Crippen LogP contribution < -0.4 is 88.7 Å². The first kappa shape index (κ1) is 43.0. The van der Waals surface area contributed by atoms with Crippen molar-refractivity contribution in [2.75, 3.05) is 0 Å². The first-order chi connectivity index (χ1) is 23.1. The first-order valence-electron chi connectivity index (χ1n) is 14.0. The number of H-pyrrole nitrogens is 2. The van der Waals surface area contributed by atoms with E-state index in [-0.39, 0.29) is 99.7 Å². The van der Waals surface area contributed by atoms with E-state index < -0.39 is 45.0 Å². The maximum atomic E-state index is 12.5. The van der Waals surface area contributed by atoms with Gasteiger partial charge in [-0.3, -0.25) is 0 Å². The molecule has 0 unspecified atom stereocenters. The Kier molecular flexibility index (Phi) is 13.4. The molecule has 13 nitrogen and oxygen atoms in total. The predicted octanol–water partition coefficient (Wildman–Crippen LogP) is -3.52. The smallest absolute Gasteiger partial charge is 0.744 e. The van der Waals surface area contributed by atoms with E-state index in [2.05, 4.69) is 25.9 Å². The van der Waals surface area contributed by atoms with E-state index in [0.717, 1.165) is 18.2 Å². The summed E-state index contributed by atoms with van der Waals surface area (Å²) < 4.78 is 107. The monoisotopic (exact) mass is 846 g/mol. The molecule has 0 saturated carbocycles. The molecule has 0 amide bonds. The van der Waals surface area contributed by atoms with Crippen LogP contribution in [-0.2, 0) is 30.4 Å². The number of nitrogens with one attached hydrogen (secondary N) is 2. The molecule has 2 aromatic carbocycles. The van der Waals surface area contributed by atoms with Gasteiger partial charge in [-0.2, -0.15) is 0 Å². The Morgan fingerprint density at radius 1 is 0.500 bits per heavy atom. The zero-order valence-electron chi connectivity index (χ0n) is 27.4. The summed E-state index contributed by atoms with van der Waals surface area (Å²) in [5.74, 6) is 0. The van der Waals surface area contributed by atoms with Gasteiger partial charge in [0, 0.05) is 27.7 Å². The fraction of sp³-hybridized carbons (Fsp3) is 0. The molecule has 0 aliphatic carbocycles. The van der Waals surface area contributed by atoms with E-state index >= 15 is 0 Å². The van der Waals surface area contributed by atoms with E-state index in [1.165, 1.54) is 42.5 Å². The second-order valence-electron chi connectivity index (χ2n) is 10.8. The molecule has 7 rings (SSSR count). The van der Waals surface area contributed by atoms with Crippen molar-refractivity contribution in [2.24, 2.45) is 0 Å². The average molecular weight is 848 g/mol. The van der Waals surface area contributed by atoms with Crippen molar-refractivity contribution in [3.8, 4) is 22.3 Å². The van der Waals surface area contributed by atoms with Gasteiger partial charge < -0.3 is 23.6 Å². The van der Waals surface area contributed by atoms with Crippen molar-refractivity contribution >= 4 is 92.7 Å². The van der Waals surface area contributed by atoms with Crippen LogP contribution in [0.3, 0.4) is 0 Å². The van der Waals surface area contributed by atoms with Crippen LogP contribution in [0.1, 0.15) is 22.8 Å². The number of halogens is 1. The quantitative estimate of drug-likeness (QED) is 0.128. The molecule has 2 N–H and O–H groups in total. The maximum absolute atomic E-state index is 12.5. The number of hydrogen-bond acceptors (Lipinski definition) is 11. The molecule has 5 aromatic rings. The molecule has 0 atom stereocenters. The van der Waals surface area contributed by atoms with Crippen molar-refractivity contribution < 1.29 is 128 Å². The number of benzene rings is 2. The van der Waals surface area contributed by atoms with E-state index in [4.69, 9.17) is 9.97 Å². The van der Waals surface area contributed by atoms with Crippen molar-refractivity contribution in [3.05, 3.63) is 100 Å². The van der Waals surface area contributed by atoms with E-state index in [1.54, 1.807) is 36.4 Å². The minimum absolute atomic E-state index is 0. The number of aromatic amines is 2. The van der Waals surface area contributed by atoms with Gasteiger partial charge >= 0.3 is 88.7 Å². The van der Waals surface area contributed by atoms with Crippen molar-refractivity contribution in [1.29, 1.82) is 0 Å². The van der Waals surface area contributed by atoms with E-state index in [1.807, 2.05) is 0 Å². The second kappa shape index (κ2) is 16.2. The van der Waals surface area contributed by atoms with Crippen LogP contribution in [0, 0.1) is 0 Å². The number of fused-ring (bicyclic) bond motifs is 8. The molecule has 2 aliphatic heterocycles. The molecule has 0 saturated heterocycles. The van der Waals surface area contributed by atoms with Gasteiger partial charge in [-0.1, -0.05) is 24.3 Å². The normalized spacial score (nSPS) is 12.5. The molecule has 20 heteroatoms. The predicted molar refractivity (Wildman–Crippen MR) is 181 cm³/mol. The van der Waals surface area contributed by atoms with E-state index in [0.29, 0.717) is 60.5 Å². The van der Waals surface area contributed by atoms with E-state index in [9.17, 15) is 38.9 Å². The van der Waals surface area contributed by atoms with Crippen LogP contribution >= 0.6 is 15.9 Å². The molecule has 8 bridgehead atoms. The Bertz CT molecular complexity index is 2810. The third-order valence-electron chi connectivity index (χ3n) is 7.73. The Balaban J connectivity index is 0.00000202. The van der Waals surface area contributed by atoms with Gasteiger partial charge in [0.05, 0.1) is 47.5 Å². The van der Waals surface area contributed by atoms with Crippen LogP contribution in [0.2, 0.25) is 0 Å². The molecule has 52 heavy (non-hydrogen) atoms. The SMILES string of the molecule is O=S(=O)([O-])c1ccc(-c2c3nc(c(Br)c4nc(c(-c5ccc(S(=O)(=O)[O-])cc5)c5cc(S(=O)(=O)[O-])c(cc6ccc2[nH]6)[nH]5)C=C4)C=C3)cc1.[Na+].[Na+].[Na+]. The number of aromatic nitrogens is 4. The summed E-state index contributed by atoms with van der Waals surface area (Å²) in [6.45, 7) is 0. The topological polar surface area (TPSA) is 229 Å². The summed E-state index contributed by atoms with van der Waals surface area (Å²) in [6, 6.07) is 16.2. The largest absolute Gasteiger partial charge is 1.00 e. The molecule has 3 aromatic heterocycles. The molecule has 0 fully saturated rings. The van der Waals surface area contributed by atoms with Gasteiger partial charge in [0.25, 0.3) is 0 Å². The summed E-state index contributed by atoms with van der Waals surface area (Å²) in [7, 11) is -14.5. The fourth-order valence-corrected chi connectivity index (χ4v) is 7.56. The molecule has 5 heterocycles. The minimum Gasteiger partial charge on any atom is -0.744 e. The molecule has 248 valence electrons. The van der Waals surface area contributed by atoms with Gasteiger partial charge in [-0.15, -0.1) is 0 Å². The van der Waals surface area contributed by atoms with Crippen molar-refractivity contribution in [1.82, 2.24) is 19.9 Å². The Morgan fingerprint density at radius 2 is 0.942 bits per heavy atom. The third kappa shape index (κ3) is 8.70. The van der Waals surface area contributed by atoms with Crippen molar-refractivity contribution in [2.45, 2.75) is 14.7 Å². The molecular formula is C32H18BrN4Na3O9S3. The zero-order chi connectivity index (χ0) is 34.9. The van der Waals surface area contributed by atoms with Gasteiger partial charge in [0.15, 0.2) is 0 Å². The van der Waals surface area contributed by atoms with Crippen LogP contribution in [0.4, 0.5) is 0 Å². The zero-order valence-corrected chi connectivity index (χ0v) is 37.4. The molecule has 0 spiro atoms. The molecule has 2 aliphatic rings. The van der Waals surface area contributed by atoms with Crippen LogP contribution in [-0.4, -0.2) is 58.8 Å².